The van der Waals surface area contributed by atoms with Crippen molar-refractivity contribution in [3.05, 3.63) is 106 Å². The van der Waals surface area contributed by atoms with Crippen LogP contribution in [-0.2, 0) is 30.4 Å². The molecule has 0 aliphatic carbocycles. The molecule has 57 heavy (non-hydrogen) atoms. The number of nitrogens with zero attached hydrogens (tertiary/aromatic N) is 7. The minimum atomic E-state index is -4.93. The van der Waals surface area contributed by atoms with Crippen LogP contribution < -0.4 is 15.4 Å². The Morgan fingerprint density at radius 1 is 0.719 bits per heavy atom. The number of anilines is 4. The molecule has 0 aliphatic heterocycles. The normalized spacial score (nSPS) is 12.1. The first-order valence-corrected chi connectivity index (χ1v) is 19.9. The highest BCUT2D eigenvalue weighted by molar-refractivity contribution is 7.86. The summed E-state index contributed by atoms with van der Waals surface area (Å²) in [6.07, 6.45) is 0. The van der Waals surface area contributed by atoms with Gasteiger partial charge in [-0.3, -0.25) is 23.8 Å². The molecule has 5 rings (SSSR count). The Balaban J connectivity index is 1.57. The van der Waals surface area contributed by atoms with E-state index in [4.69, 9.17) is 4.74 Å². The minimum Gasteiger partial charge on any atom is -0.494 e. The van der Waals surface area contributed by atoms with Crippen molar-refractivity contribution < 1.29 is 48.6 Å². The van der Waals surface area contributed by atoms with Gasteiger partial charge in [-0.2, -0.15) is 35.6 Å². The summed E-state index contributed by atoms with van der Waals surface area (Å²) in [7, 11) is -12.6. The van der Waals surface area contributed by atoms with E-state index in [2.05, 4.69) is 36.1 Å². The summed E-state index contributed by atoms with van der Waals surface area (Å²) >= 11 is 0. The first kappa shape index (κ1) is 41.4. The van der Waals surface area contributed by atoms with Crippen LogP contribution in [0.2, 0.25) is 0 Å². The van der Waals surface area contributed by atoms with Crippen LogP contribution in [0.4, 0.5) is 51.4 Å². The van der Waals surface area contributed by atoms with Gasteiger partial charge in [0.25, 0.3) is 36.0 Å². The molecule has 5 aromatic rings. The van der Waals surface area contributed by atoms with E-state index in [0.717, 1.165) is 36.4 Å². The summed E-state index contributed by atoms with van der Waals surface area (Å²) in [6, 6.07) is 17.4. The fraction of sp³-hybridized carbons (Fsp3) is 0.0909. The van der Waals surface area contributed by atoms with E-state index in [1.165, 1.54) is 43.5 Å². The number of nitro benzene ring substituents is 1. The Morgan fingerprint density at radius 2 is 1.25 bits per heavy atom. The number of rotatable bonds is 13. The van der Waals surface area contributed by atoms with Crippen LogP contribution in [-0.4, -0.2) is 55.9 Å². The third-order valence-corrected chi connectivity index (χ3v) is 10.4. The lowest BCUT2D eigenvalue weighted by molar-refractivity contribution is -0.385. The molecule has 0 saturated carbocycles. The van der Waals surface area contributed by atoms with Gasteiger partial charge in [0, 0.05) is 35.1 Å². The number of azo groups is 2. The monoisotopic (exact) mass is 837 g/mol. The van der Waals surface area contributed by atoms with Crippen molar-refractivity contribution in [1.29, 1.82) is 5.26 Å². The number of benzene rings is 4. The van der Waals surface area contributed by atoms with Crippen molar-refractivity contribution in [3.8, 4) is 11.8 Å². The number of aromatic nitrogens is 1. The third-order valence-electron chi connectivity index (χ3n) is 7.81. The molecule has 0 atom stereocenters. The fourth-order valence-corrected chi connectivity index (χ4v) is 6.56. The summed E-state index contributed by atoms with van der Waals surface area (Å²) in [5.74, 6) is 0.0646. The van der Waals surface area contributed by atoms with Gasteiger partial charge in [-0.15, -0.1) is 15.3 Å². The molecular formula is C33H27N9O12S3. The van der Waals surface area contributed by atoms with E-state index < -0.39 is 45.9 Å². The second-order valence-electron chi connectivity index (χ2n) is 11.6. The number of hydrogen-bond acceptors (Lipinski definition) is 17. The predicted octanol–water partition coefficient (Wildman–Crippen LogP) is 7.55. The van der Waals surface area contributed by atoms with Crippen LogP contribution in [0.5, 0.6) is 5.75 Å². The number of nitrogens with one attached hydrogen (secondary N) is 2. The van der Waals surface area contributed by atoms with Gasteiger partial charge >= 0.3 is 0 Å². The van der Waals surface area contributed by atoms with E-state index >= 15 is 0 Å². The Bertz CT molecular complexity index is 2860. The number of nitriles is 1. The molecule has 294 valence electrons. The maximum atomic E-state index is 11.9. The number of non-ortho nitro benzene ring substituents is 1. The molecule has 21 nitrogen and oxygen atoms in total. The maximum Gasteiger partial charge on any atom is 0.297 e. The van der Waals surface area contributed by atoms with E-state index in [1.54, 1.807) is 13.8 Å². The summed E-state index contributed by atoms with van der Waals surface area (Å²) in [5, 5.41) is 43.8. The number of ether oxygens (including phenoxy) is 1. The lowest BCUT2D eigenvalue weighted by atomic mass is 10.1. The Morgan fingerprint density at radius 3 is 1.74 bits per heavy atom. The largest absolute Gasteiger partial charge is 0.494 e. The minimum absolute atomic E-state index is 0.00856. The van der Waals surface area contributed by atoms with Gasteiger partial charge < -0.3 is 15.4 Å². The predicted molar refractivity (Wildman–Crippen MR) is 202 cm³/mol. The van der Waals surface area contributed by atoms with Crippen LogP contribution in [0.3, 0.4) is 0 Å². The van der Waals surface area contributed by atoms with Gasteiger partial charge in [0.05, 0.1) is 33.1 Å². The molecule has 0 bridgehead atoms. The second-order valence-corrected chi connectivity index (χ2v) is 15.8. The maximum absolute atomic E-state index is 11.9. The van der Waals surface area contributed by atoms with Gasteiger partial charge in [-0.1, -0.05) is 0 Å². The van der Waals surface area contributed by atoms with E-state index in [1.807, 2.05) is 6.07 Å². The lowest BCUT2D eigenvalue weighted by Gasteiger charge is -2.16. The van der Waals surface area contributed by atoms with E-state index in [-0.39, 0.29) is 72.4 Å². The van der Waals surface area contributed by atoms with Gasteiger partial charge in [-0.25, -0.2) is 4.98 Å². The average Bonchev–Trinajstić information content (AvgIpc) is 3.13. The first-order valence-electron chi connectivity index (χ1n) is 15.6. The number of methoxy groups -OCH3 is 1. The SMILES string of the molecule is COc1cc(N=Nc2ccc([N+](=O)[O-])cc2S(=O)(=O)O)c(C)cc1N=Nc1c(Nc2ccc(S(=O)(=O)O)cc2)nc(Nc2ccc(S(=O)(=O)O)cc2)c(C#N)c1C. The van der Waals surface area contributed by atoms with Crippen LogP contribution >= 0.6 is 0 Å². The van der Waals surface area contributed by atoms with Crippen LogP contribution in [0.25, 0.3) is 0 Å². The second kappa shape index (κ2) is 16.2. The van der Waals surface area contributed by atoms with Gasteiger partial charge in [-0.05, 0) is 80.1 Å². The lowest BCUT2D eigenvalue weighted by Crippen LogP contribution is -2.05. The number of hydrogen-bond donors (Lipinski definition) is 5. The van der Waals surface area contributed by atoms with Crippen molar-refractivity contribution in [2.45, 2.75) is 28.5 Å². The average molecular weight is 838 g/mol. The van der Waals surface area contributed by atoms with Crippen molar-refractivity contribution in [2.24, 2.45) is 20.5 Å². The number of pyridine rings is 1. The standard InChI is InChI=1S/C33H27N9O12S3/c1-18-14-28(29(54-3)16-27(18)39-38-26-13-8-22(42(43)44)15-30(26)57(51,52)53)40-41-31-19(2)25(17-34)32(35-20-4-9-23(10-5-20)55(45,46)47)37-33(31)36-21-6-11-24(12-7-21)56(48,49)50/h4-16H,1-3H3,(H2,35,36,37)(H,45,46,47)(H,48,49,50)(H,51,52,53). The highest BCUT2D eigenvalue weighted by Crippen LogP contribution is 2.41. The van der Waals surface area contributed by atoms with E-state index in [9.17, 15) is 54.3 Å². The molecule has 1 heterocycles. The van der Waals surface area contributed by atoms with Gasteiger partial charge in [0.1, 0.15) is 33.8 Å². The van der Waals surface area contributed by atoms with Gasteiger partial charge in [0.2, 0.25) is 0 Å². The topological polar surface area (TPSA) is 326 Å². The zero-order chi connectivity index (χ0) is 41.9. The molecule has 0 aliphatic rings. The molecule has 0 fully saturated rings. The van der Waals surface area contributed by atoms with Crippen molar-refractivity contribution in [3.63, 3.8) is 0 Å². The van der Waals surface area contributed by atoms with Crippen LogP contribution in [0.1, 0.15) is 16.7 Å². The van der Waals surface area contributed by atoms with Crippen LogP contribution in [0, 0.1) is 35.3 Å². The zero-order valence-electron chi connectivity index (χ0n) is 29.4. The summed E-state index contributed by atoms with van der Waals surface area (Å²) < 4.78 is 104. The van der Waals surface area contributed by atoms with Gasteiger partial charge in [0.15, 0.2) is 11.6 Å². The smallest absolute Gasteiger partial charge is 0.297 e. The van der Waals surface area contributed by atoms with Crippen LogP contribution in [0.15, 0.2) is 114 Å². The molecule has 4 aromatic carbocycles. The molecule has 0 unspecified atom stereocenters. The van der Waals surface area contributed by atoms with E-state index in [0.29, 0.717) is 11.6 Å². The summed E-state index contributed by atoms with van der Waals surface area (Å²) in [6.45, 7) is 3.14. The van der Waals surface area contributed by atoms with Crippen molar-refractivity contribution in [1.82, 2.24) is 4.98 Å². The first-order chi connectivity index (χ1) is 26.7. The Kier molecular flexibility index (Phi) is 11.7. The fourth-order valence-electron chi connectivity index (χ4n) is 4.95. The Hall–Kier alpha value is -6.75. The Labute approximate surface area is 323 Å². The zero-order valence-corrected chi connectivity index (χ0v) is 31.8. The summed E-state index contributed by atoms with van der Waals surface area (Å²) in [4.78, 5) is 13.2. The highest BCUT2D eigenvalue weighted by atomic mass is 32.2. The number of aryl methyl sites for hydroxylation is 1. The summed E-state index contributed by atoms with van der Waals surface area (Å²) in [5.41, 5.74) is 0.502. The quantitative estimate of drug-likeness (QED) is 0.0331. The number of nitro groups is 1. The molecular weight excluding hydrogens is 811 g/mol. The molecule has 5 N–H and O–H groups in total. The molecule has 1 aromatic heterocycles. The third kappa shape index (κ3) is 9.74. The highest BCUT2D eigenvalue weighted by Gasteiger charge is 2.22. The molecule has 0 spiro atoms. The molecule has 0 radical (unpaired) electrons. The molecule has 0 amide bonds. The van der Waals surface area contributed by atoms with Crippen molar-refractivity contribution in [2.75, 3.05) is 17.7 Å². The molecule has 0 saturated heterocycles. The molecule has 24 heteroatoms. The van der Waals surface area contributed by atoms with Crippen molar-refractivity contribution >= 4 is 81.8 Å².